The number of benzene rings is 1. The molecule has 112 valence electrons. The Morgan fingerprint density at radius 1 is 1.33 bits per heavy atom. The number of thiazole rings is 1. The van der Waals surface area contributed by atoms with Gasteiger partial charge in [-0.1, -0.05) is 12.1 Å². The molecule has 0 spiro atoms. The summed E-state index contributed by atoms with van der Waals surface area (Å²) in [7, 11) is 0. The Morgan fingerprint density at radius 2 is 2.00 bits per heavy atom. The van der Waals surface area contributed by atoms with Crippen LogP contribution >= 0.6 is 11.3 Å². The molecule has 1 aromatic carbocycles. The van der Waals surface area contributed by atoms with E-state index >= 15 is 0 Å². The van der Waals surface area contributed by atoms with E-state index in [4.69, 9.17) is 4.74 Å². The lowest BCUT2D eigenvalue weighted by Gasteiger charge is -2.22. The van der Waals surface area contributed by atoms with Gasteiger partial charge in [0.1, 0.15) is 10.8 Å². The molecule has 0 aliphatic carbocycles. The lowest BCUT2D eigenvalue weighted by atomic mass is 9.85. The van der Waals surface area contributed by atoms with E-state index in [1.54, 1.807) is 19.1 Å². The summed E-state index contributed by atoms with van der Waals surface area (Å²) in [5.74, 6) is -0.523. The molecule has 0 amide bonds. The predicted octanol–water partition coefficient (Wildman–Crippen LogP) is 3.71. The molecular weight excluding hydrogens is 289 g/mol. The van der Waals surface area contributed by atoms with Gasteiger partial charge in [0.25, 0.3) is 0 Å². The van der Waals surface area contributed by atoms with E-state index in [1.807, 2.05) is 19.2 Å². The maximum atomic E-state index is 13.0. The largest absolute Gasteiger partial charge is 0.466 e. The van der Waals surface area contributed by atoms with Crippen LogP contribution in [0.5, 0.6) is 0 Å². The second kappa shape index (κ2) is 6.35. The molecular formula is C16H18FNO2S. The number of ether oxygens (including phenoxy) is 1. The van der Waals surface area contributed by atoms with Gasteiger partial charge in [0.05, 0.1) is 18.7 Å². The molecule has 2 aromatic rings. The average molecular weight is 307 g/mol. The summed E-state index contributed by atoms with van der Waals surface area (Å²) in [4.78, 5) is 16.0. The number of rotatable bonds is 5. The number of carbonyl (C=O) groups excluding carboxylic acids is 1. The molecule has 0 bridgehead atoms. The first-order valence-corrected chi connectivity index (χ1v) is 7.68. The molecule has 0 N–H and O–H groups in total. The van der Waals surface area contributed by atoms with Gasteiger partial charge in [0, 0.05) is 10.8 Å². The number of hydrogen-bond donors (Lipinski definition) is 0. The lowest BCUT2D eigenvalue weighted by Crippen LogP contribution is -2.19. The smallest absolute Gasteiger partial charge is 0.311 e. The van der Waals surface area contributed by atoms with Crippen molar-refractivity contribution in [3.8, 4) is 0 Å². The van der Waals surface area contributed by atoms with Gasteiger partial charge in [0.15, 0.2) is 0 Å². The molecule has 0 atom stereocenters. The molecule has 3 nitrogen and oxygen atoms in total. The topological polar surface area (TPSA) is 39.2 Å². The van der Waals surface area contributed by atoms with Crippen LogP contribution in [0.15, 0.2) is 29.6 Å². The van der Waals surface area contributed by atoms with E-state index in [0.29, 0.717) is 12.3 Å². The first-order chi connectivity index (χ1) is 9.93. The summed E-state index contributed by atoms with van der Waals surface area (Å²) < 4.78 is 18.0. The van der Waals surface area contributed by atoms with E-state index in [2.05, 4.69) is 4.98 Å². The van der Waals surface area contributed by atoms with Crippen molar-refractivity contribution in [2.75, 3.05) is 6.61 Å². The van der Waals surface area contributed by atoms with Crippen molar-refractivity contribution in [3.63, 3.8) is 0 Å². The number of hydrogen-bond acceptors (Lipinski definition) is 4. The molecule has 21 heavy (non-hydrogen) atoms. The predicted molar refractivity (Wildman–Crippen MR) is 81.0 cm³/mol. The third kappa shape index (κ3) is 3.67. The number of aromatic nitrogens is 1. The molecule has 1 heterocycles. The molecule has 0 saturated heterocycles. The number of esters is 1. The highest BCUT2D eigenvalue weighted by molar-refractivity contribution is 7.09. The highest BCUT2D eigenvalue weighted by Crippen LogP contribution is 2.33. The Bertz CT molecular complexity index is 619. The fourth-order valence-electron chi connectivity index (χ4n) is 2.03. The van der Waals surface area contributed by atoms with Crippen molar-refractivity contribution in [1.29, 1.82) is 0 Å². The maximum Gasteiger partial charge on any atom is 0.311 e. The minimum absolute atomic E-state index is 0.184. The third-order valence-corrected chi connectivity index (χ3v) is 4.50. The van der Waals surface area contributed by atoms with Gasteiger partial charge in [0.2, 0.25) is 0 Å². The van der Waals surface area contributed by atoms with Crippen molar-refractivity contribution in [3.05, 3.63) is 51.7 Å². The molecule has 2 rings (SSSR count). The second-order valence-electron chi connectivity index (χ2n) is 5.26. The van der Waals surface area contributed by atoms with Crippen LogP contribution in [0.4, 0.5) is 4.39 Å². The van der Waals surface area contributed by atoms with Crippen LogP contribution in [0, 0.1) is 5.82 Å². The monoisotopic (exact) mass is 307 g/mol. The molecule has 1 aromatic heterocycles. The van der Waals surface area contributed by atoms with Gasteiger partial charge in [-0.15, -0.1) is 11.3 Å². The molecule has 0 aliphatic rings. The van der Waals surface area contributed by atoms with E-state index < -0.39 is 0 Å². The van der Waals surface area contributed by atoms with Crippen molar-refractivity contribution in [2.24, 2.45) is 0 Å². The quantitative estimate of drug-likeness (QED) is 0.790. The van der Waals surface area contributed by atoms with Gasteiger partial charge < -0.3 is 4.74 Å². The summed E-state index contributed by atoms with van der Waals surface area (Å²) in [5.41, 5.74) is 1.37. The lowest BCUT2D eigenvalue weighted by molar-refractivity contribution is -0.142. The van der Waals surface area contributed by atoms with E-state index in [-0.39, 0.29) is 23.6 Å². The first kappa shape index (κ1) is 15.6. The second-order valence-corrected chi connectivity index (χ2v) is 6.12. The zero-order chi connectivity index (χ0) is 15.5. The molecule has 0 unspecified atom stereocenters. The summed E-state index contributed by atoms with van der Waals surface area (Å²) in [5, 5.41) is 2.77. The van der Waals surface area contributed by atoms with E-state index in [9.17, 15) is 9.18 Å². The third-order valence-electron chi connectivity index (χ3n) is 3.28. The van der Waals surface area contributed by atoms with Gasteiger partial charge in [-0.05, 0) is 38.5 Å². The van der Waals surface area contributed by atoms with Crippen molar-refractivity contribution < 1.29 is 13.9 Å². The molecule has 0 aliphatic heterocycles. The van der Waals surface area contributed by atoms with Gasteiger partial charge >= 0.3 is 5.97 Å². The van der Waals surface area contributed by atoms with Gasteiger partial charge in [-0.3, -0.25) is 4.79 Å². The molecule has 0 fully saturated rings. The number of carbonyl (C=O) groups is 1. The highest BCUT2D eigenvalue weighted by Gasteiger charge is 2.27. The normalized spacial score (nSPS) is 11.4. The Labute approximate surface area is 127 Å². The number of halogens is 1. The fraction of sp³-hybridized carbons (Fsp3) is 0.375. The minimum Gasteiger partial charge on any atom is -0.466 e. The first-order valence-electron chi connectivity index (χ1n) is 6.80. The average Bonchev–Trinajstić information content (AvgIpc) is 2.88. The Hall–Kier alpha value is -1.75. The molecule has 0 saturated carbocycles. The summed E-state index contributed by atoms with van der Waals surface area (Å²) in [6.07, 6.45) is 0.184. The van der Waals surface area contributed by atoms with Crippen molar-refractivity contribution in [1.82, 2.24) is 4.98 Å². The van der Waals surface area contributed by atoms with Gasteiger partial charge in [-0.25, -0.2) is 9.37 Å². The van der Waals surface area contributed by atoms with Crippen LogP contribution in [-0.4, -0.2) is 17.6 Å². The summed E-state index contributed by atoms with van der Waals surface area (Å²) >= 11 is 1.50. The number of nitrogens with zero attached hydrogens (tertiary/aromatic N) is 1. The van der Waals surface area contributed by atoms with Crippen LogP contribution in [0.25, 0.3) is 0 Å². The highest BCUT2D eigenvalue weighted by atomic mass is 32.1. The van der Waals surface area contributed by atoms with Crippen LogP contribution in [0.2, 0.25) is 0 Å². The zero-order valence-electron chi connectivity index (χ0n) is 12.4. The fourth-order valence-corrected chi connectivity index (χ4v) is 2.99. The Morgan fingerprint density at radius 3 is 2.62 bits per heavy atom. The SMILES string of the molecule is CCOC(=O)Cc1csc(C(C)(C)c2ccc(F)cc2)n1. The van der Waals surface area contributed by atoms with Crippen LogP contribution < -0.4 is 0 Å². The van der Waals surface area contributed by atoms with Crippen molar-refractivity contribution >= 4 is 17.3 Å². The van der Waals surface area contributed by atoms with Crippen LogP contribution in [0.1, 0.15) is 37.0 Å². The standard InChI is InChI=1S/C16H18FNO2S/c1-4-20-14(19)9-13-10-21-15(18-13)16(2,3)11-5-7-12(17)8-6-11/h5-8,10H,4,9H2,1-3H3. The zero-order valence-corrected chi connectivity index (χ0v) is 13.2. The molecule has 5 heteroatoms. The van der Waals surface area contributed by atoms with E-state index in [1.165, 1.54) is 23.5 Å². The van der Waals surface area contributed by atoms with Gasteiger partial charge in [-0.2, -0.15) is 0 Å². The Kier molecular flexibility index (Phi) is 4.73. The Balaban J connectivity index is 2.19. The maximum absolute atomic E-state index is 13.0. The van der Waals surface area contributed by atoms with Crippen molar-refractivity contribution in [2.45, 2.75) is 32.6 Å². The molecule has 0 radical (unpaired) electrons. The summed E-state index contributed by atoms with van der Waals surface area (Å²) in [6, 6.07) is 6.43. The van der Waals surface area contributed by atoms with Crippen LogP contribution in [-0.2, 0) is 21.4 Å². The van der Waals surface area contributed by atoms with Crippen LogP contribution in [0.3, 0.4) is 0 Å². The van der Waals surface area contributed by atoms with E-state index in [0.717, 1.165) is 10.6 Å². The minimum atomic E-state index is -0.328. The summed E-state index contributed by atoms with van der Waals surface area (Å²) in [6.45, 7) is 6.22.